The van der Waals surface area contributed by atoms with E-state index in [1.165, 1.54) is 33.8 Å². The van der Waals surface area contributed by atoms with Gasteiger partial charge in [-0.05, 0) is 49.9 Å². The second-order valence-corrected chi connectivity index (χ2v) is 10.3. The number of halogens is 1. The van der Waals surface area contributed by atoms with Crippen molar-refractivity contribution < 1.29 is 23.4 Å². The Morgan fingerprint density at radius 2 is 1.80 bits per heavy atom. The predicted molar refractivity (Wildman–Crippen MR) is 133 cm³/mol. The molecule has 3 atom stereocenters. The second-order valence-electron chi connectivity index (χ2n) is 9.16. The Labute approximate surface area is 208 Å². The summed E-state index contributed by atoms with van der Waals surface area (Å²) in [5.41, 5.74) is 0.939. The zero-order valence-electron chi connectivity index (χ0n) is 20.2. The summed E-state index contributed by atoms with van der Waals surface area (Å²) in [6.45, 7) is 0.724. The van der Waals surface area contributed by atoms with Crippen LogP contribution in [-0.4, -0.2) is 55.2 Å². The van der Waals surface area contributed by atoms with Gasteiger partial charge in [0.15, 0.2) is 11.5 Å². The number of hydrogen-bond donors (Lipinski definition) is 1. The van der Waals surface area contributed by atoms with E-state index in [0.29, 0.717) is 40.4 Å². The Bertz CT molecular complexity index is 1190. The third-order valence-corrected chi connectivity index (χ3v) is 8.13. The molecule has 0 spiro atoms. The van der Waals surface area contributed by atoms with Crippen LogP contribution in [0.2, 0.25) is 0 Å². The normalized spacial score (nSPS) is 22.1. The molecule has 3 heterocycles. The van der Waals surface area contributed by atoms with E-state index in [0.717, 1.165) is 41.9 Å². The highest BCUT2D eigenvalue weighted by Crippen LogP contribution is 2.39. The van der Waals surface area contributed by atoms with Crippen LogP contribution in [0.25, 0.3) is 10.2 Å². The van der Waals surface area contributed by atoms with E-state index in [1.807, 2.05) is 6.07 Å². The number of rotatable bonds is 7. The summed E-state index contributed by atoms with van der Waals surface area (Å²) in [6.07, 6.45) is 5.13. The lowest BCUT2D eigenvalue weighted by Crippen LogP contribution is -2.56. The summed E-state index contributed by atoms with van der Waals surface area (Å²) in [7, 11) is 4.61. The molecule has 2 aliphatic heterocycles. The molecule has 1 amide bonds. The highest BCUT2D eigenvalue weighted by molar-refractivity contribution is 7.18. The molecule has 1 unspecified atom stereocenters. The molecule has 2 aliphatic rings. The van der Waals surface area contributed by atoms with Gasteiger partial charge in [0.25, 0.3) is 5.91 Å². The summed E-state index contributed by atoms with van der Waals surface area (Å²) < 4.78 is 31.2. The Kier molecular flexibility index (Phi) is 6.80. The third kappa shape index (κ3) is 4.67. The second kappa shape index (κ2) is 9.99. The first-order valence-electron chi connectivity index (χ1n) is 11.9. The molecule has 3 aromatic rings. The van der Waals surface area contributed by atoms with Crippen molar-refractivity contribution >= 4 is 27.5 Å². The fourth-order valence-electron chi connectivity index (χ4n) is 5.52. The summed E-state index contributed by atoms with van der Waals surface area (Å²) >= 11 is 1.57. The first kappa shape index (κ1) is 23.8. The van der Waals surface area contributed by atoms with Crippen LogP contribution < -0.4 is 19.5 Å². The number of carbonyl (C=O) groups excluding carboxylic acids is 1. The van der Waals surface area contributed by atoms with Crippen LogP contribution >= 0.6 is 11.3 Å². The lowest BCUT2D eigenvalue weighted by molar-refractivity contribution is 0.0177. The Morgan fingerprint density at radius 1 is 1.11 bits per heavy atom. The molecule has 2 saturated heterocycles. The predicted octanol–water partition coefficient (Wildman–Crippen LogP) is 4.78. The average molecular weight is 500 g/mol. The van der Waals surface area contributed by atoms with Gasteiger partial charge >= 0.3 is 0 Å². The maximum atomic E-state index is 14.1. The van der Waals surface area contributed by atoms with Crippen LogP contribution in [0, 0.1) is 5.82 Å². The van der Waals surface area contributed by atoms with E-state index in [2.05, 4.69) is 15.2 Å². The molecule has 0 aliphatic carbocycles. The van der Waals surface area contributed by atoms with Crippen molar-refractivity contribution in [1.29, 1.82) is 0 Å². The SMILES string of the molecule is COc1cc(C(=O)NC2C[C@H]3CCC[C@@H](C2)N3Cc2nc3c(F)cccc3s2)cc(OC)c1OC. The van der Waals surface area contributed by atoms with Crippen molar-refractivity contribution in [3.05, 3.63) is 46.7 Å². The molecule has 9 heteroatoms. The first-order valence-corrected chi connectivity index (χ1v) is 12.7. The molecule has 2 bridgehead atoms. The lowest BCUT2D eigenvalue weighted by atomic mass is 9.81. The summed E-state index contributed by atoms with van der Waals surface area (Å²) in [5.74, 6) is 0.955. The number of aromatic nitrogens is 1. The molecule has 0 radical (unpaired) electrons. The highest BCUT2D eigenvalue weighted by Gasteiger charge is 2.39. The van der Waals surface area contributed by atoms with Gasteiger partial charge in [-0.25, -0.2) is 9.37 Å². The molecular formula is C26H30FN3O4S. The van der Waals surface area contributed by atoms with Gasteiger partial charge in [-0.2, -0.15) is 0 Å². The maximum absolute atomic E-state index is 14.1. The van der Waals surface area contributed by atoms with Gasteiger partial charge in [-0.1, -0.05) is 12.5 Å². The number of para-hydroxylation sites is 1. The number of ether oxygens (including phenoxy) is 3. The molecule has 2 fully saturated rings. The van der Waals surface area contributed by atoms with Gasteiger partial charge in [0.1, 0.15) is 16.3 Å². The van der Waals surface area contributed by atoms with Crippen molar-refractivity contribution in [2.45, 2.75) is 56.8 Å². The fraction of sp³-hybridized carbons (Fsp3) is 0.462. The van der Waals surface area contributed by atoms with Crippen molar-refractivity contribution in [3.63, 3.8) is 0 Å². The minimum Gasteiger partial charge on any atom is -0.493 e. The number of hydrogen-bond acceptors (Lipinski definition) is 7. The van der Waals surface area contributed by atoms with Gasteiger partial charge in [-0.15, -0.1) is 11.3 Å². The van der Waals surface area contributed by atoms with Crippen LogP contribution in [0.4, 0.5) is 4.39 Å². The number of methoxy groups -OCH3 is 3. The maximum Gasteiger partial charge on any atom is 0.251 e. The molecule has 5 rings (SSSR count). The smallest absolute Gasteiger partial charge is 0.251 e. The van der Waals surface area contributed by atoms with Crippen LogP contribution in [0.15, 0.2) is 30.3 Å². The Morgan fingerprint density at radius 3 is 2.40 bits per heavy atom. The van der Waals surface area contributed by atoms with E-state index < -0.39 is 0 Å². The third-order valence-electron chi connectivity index (χ3n) is 7.12. The molecule has 7 nitrogen and oxygen atoms in total. The van der Waals surface area contributed by atoms with Crippen molar-refractivity contribution in [1.82, 2.24) is 15.2 Å². The lowest BCUT2D eigenvalue weighted by Gasteiger charge is -2.48. The minimum absolute atomic E-state index is 0.0842. The number of piperidine rings is 2. The van der Waals surface area contributed by atoms with Crippen LogP contribution in [0.5, 0.6) is 17.2 Å². The topological polar surface area (TPSA) is 72.9 Å². The van der Waals surface area contributed by atoms with Crippen LogP contribution in [0.1, 0.15) is 47.5 Å². The molecule has 0 saturated carbocycles. The van der Waals surface area contributed by atoms with Crippen molar-refractivity contribution in [2.75, 3.05) is 21.3 Å². The first-order chi connectivity index (χ1) is 17.0. The molecular weight excluding hydrogens is 469 g/mol. The number of thiazole rings is 1. The molecule has 35 heavy (non-hydrogen) atoms. The van der Waals surface area contributed by atoms with Gasteiger partial charge in [-0.3, -0.25) is 9.69 Å². The summed E-state index contributed by atoms with van der Waals surface area (Å²) in [5, 5.41) is 4.18. The largest absolute Gasteiger partial charge is 0.493 e. The Hall–Kier alpha value is -2.91. The van der Waals surface area contributed by atoms with Gasteiger partial charge in [0, 0.05) is 23.7 Å². The highest BCUT2D eigenvalue weighted by atomic mass is 32.1. The van der Waals surface area contributed by atoms with Crippen LogP contribution in [-0.2, 0) is 6.54 Å². The van der Waals surface area contributed by atoms with E-state index >= 15 is 0 Å². The average Bonchev–Trinajstić information content (AvgIpc) is 3.27. The Balaban J connectivity index is 1.29. The van der Waals surface area contributed by atoms with Gasteiger partial charge < -0.3 is 19.5 Å². The zero-order chi connectivity index (χ0) is 24.5. The molecule has 186 valence electrons. The summed E-state index contributed by atoms with van der Waals surface area (Å²) in [6, 6.07) is 9.29. The number of amides is 1. The summed E-state index contributed by atoms with van der Waals surface area (Å²) in [4.78, 5) is 20.3. The number of nitrogens with zero attached hydrogens (tertiary/aromatic N) is 2. The molecule has 2 aromatic carbocycles. The van der Waals surface area contributed by atoms with Crippen LogP contribution in [0.3, 0.4) is 0 Å². The number of carbonyl (C=O) groups is 1. The quantitative estimate of drug-likeness (QED) is 0.505. The molecule has 1 N–H and O–H groups in total. The molecule has 1 aromatic heterocycles. The monoisotopic (exact) mass is 499 g/mol. The number of nitrogens with one attached hydrogen (secondary N) is 1. The number of benzene rings is 2. The zero-order valence-corrected chi connectivity index (χ0v) is 21.0. The van der Waals surface area contributed by atoms with Crippen molar-refractivity contribution in [3.8, 4) is 17.2 Å². The standard InChI is InChI=1S/C26H30FN3O4S/c1-32-20-10-15(11-21(33-2)25(20)34-3)26(31)28-16-12-17-6-4-7-18(13-16)30(17)14-23-29-24-19(27)8-5-9-22(24)35-23/h5,8-11,16-18H,4,6-7,12-14H2,1-3H3,(H,28,31)/t16?,17-,18+. The van der Waals surface area contributed by atoms with E-state index in [9.17, 15) is 9.18 Å². The van der Waals surface area contributed by atoms with Gasteiger partial charge in [0.05, 0.1) is 32.6 Å². The van der Waals surface area contributed by atoms with E-state index in [1.54, 1.807) is 29.5 Å². The van der Waals surface area contributed by atoms with Gasteiger partial charge in [0.2, 0.25) is 5.75 Å². The van der Waals surface area contributed by atoms with E-state index in [4.69, 9.17) is 14.2 Å². The number of fused-ring (bicyclic) bond motifs is 3. The fourth-order valence-corrected chi connectivity index (χ4v) is 6.51. The van der Waals surface area contributed by atoms with E-state index in [-0.39, 0.29) is 17.8 Å². The van der Waals surface area contributed by atoms with Crippen molar-refractivity contribution in [2.24, 2.45) is 0 Å². The minimum atomic E-state index is -0.265.